The summed E-state index contributed by atoms with van der Waals surface area (Å²) in [5.74, 6) is 0.142. The van der Waals surface area contributed by atoms with Gasteiger partial charge in [0.1, 0.15) is 5.82 Å². The zero-order valence-corrected chi connectivity index (χ0v) is 16.6. The van der Waals surface area contributed by atoms with E-state index in [1.165, 1.54) is 11.6 Å². The van der Waals surface area contributed by atoms with Crippen LogP contribution in [0.15, 0.2) is 30.6 Å². The first kappa shape index (κ1) is 18.4. The summed E-state index contributed by atoms with van der Waals surface area (Å²) in [6, 6.07) is 5.13. The monoisotopic (exact) mass is 388 g/mol. The van der Waals surface area contributed by atoms with Gasteiger partial charge in [-0.3, -0.25) is 4.68 Å². The van der Waals surface area contributed by atoms with Crippen LogP contribution in [0.5, 0.6) is 0 Å². The summed E-state index contributed by atoms with van der Waals surface area (Å²) in [4.78, 5) is 2.22. The molecule has 2 saturated heterocycles. The third kappa shape index (κ3) is 3.58. The van der Waals surface area contributed by atoms with Gasteiger partial charge in [-0.25, -0.2) is 4.39 Å². The van der Waals surface area contributed by atoms with E-state index in [2.05, 4.69) is 21.5 Å². The Morgan fingerprint density at radius 1 is 1.37 bits per heavy atom. The summed E-state index contributed by atoms with van der Waals surface area (Å²) in [5, 5.41) is 8.24. The third-order valence-corrected chi connectivity index (χ3v) is 6.33. The number of rotatable bonds is 2. The molecule has 0 saturated carbocycles. The van der Waals surface area contributed by atoms with Gasteiger partial charge in [0.15, 0.2) is 5.11 Å². The zero-order valence-electron chi connectivity index (χ0n) is 15.7. The molecule has 2 aliphatic heterocycles. The first-order valence-electron chi connectivity index (χ1n) is 9.35. The number of anilines is 1. The number of halogens is 1. The predicted octanol–water partition coefficient (Wildman–Crippen LogP) is 3.46. The Labute approximate surface area is 164 Å². The number of aryl methyl sites for hydroxylation is 2. The van der Waals surface area contributed by atoms with E-state index in [-0.39, 0.29) is 11.2 Å². The van der Waals surface area contributed by atoms with Gasteiger partial charge in [-0.1, -0.05) is 6.07 Å². The normalized spacial score (nSPS) is 21.6. The van der Waals surface area contributed by atoms with Crippen LogP contribution in [-0.4, -0.2) is 46.1 Å². The van der Waals surface area contributed by atoms with Gasteiger partial charge in [0.2, 0.25) is 0 Å². The van der Waals surface area contributed by atoms with Gasteiger partial charge in [0.05, 0.1) is 6.20 Å². The lowest BCUT2D eigenvalue weighted by Gasteiger charge is -2.37. The number of nitrogens with zero attached hydrogens (tertiary/aromatic N) is 3. The SMILES string of the molecule is Cc1ccc(NC(=S)N2CC(c3cnn(C)c3)C3(CCOCC3)C2)cc1F. The second-order valence-corrected chi connectivity index (χ2v) is 8.14. The second kappa shape index (κ2) is 7.20. The van der Waals surface area contributed by atoms with Crippen LogP contribution in [0.2, 0.25) is 0 Å². The predicted molar refractivity (Wildman–Crippen MR) is 107 cm³/mol. The van der Waals surface area contributed by atoms with Crippen molar-refractivity contribution in [2.75, 3.05) is 31.6 Å². The van der Waals surface area contributed by atoms with Crippen molar-refractivity contribution in [3.8, 4) is 0 Å². The van der Waals surface area contributed by atoms with Crippen LogP contribution in [0.4, 0.5) is 10.1 Å². The maximum atomic E-state index is 13.9. The molecule has 1 aromatic carbocycles. The average Bonchev–Trinajstić information content (AvgIpc) is 3.23. The fourth-order valence-electron chi connectivity index (χ4n) is 4.36. The fraction of sp³-hybridized carbons (Fsp3) is 0.500. The number of aromatic nitrogens is 2. The van der Waals surface area contributed by atoms with E-state index < -0.39 is 0 Å². The second-order valence-electron chi connectivity index (χ2n) is 7.75. The van der Waals surface area contributed by atoms with Crippen LogP contribution in [0.1, 0.15) is 29.9 Å². The number of hydrogen-bond donors (Lipinski definition) is 1. The smallest absolute Gasteiger partial charge is 0.173 e. The molecule has 27 heavy (non-hydrogen) atoms. The van der Waals surface area contributed by atoms with Crippen molar-refractivity contribution in [3.05, 3.63) is 47.5 Å². The molecule has 7 heteroatoms. The van der Waals surface area contributed by atoms with Crippen LogP contribution >= 0.6 is 12.2 Å². The highest BCUT2D eigenvalue weighted by atomic mass is 32.1. The molecule has 1 unspecified atom stereocenters. The molecule has 3 heterocycles. The summed E-state index contributed by atoms with van der Waals surface area (Å²) in [6.45, 7) is 5.05. The van der Waals surface area contributed by atoms with E-state index in [0.29, 0.717) is 22.3 Å². The highest BCUT2D eigenvalue weighted by Crippen LogP contribution is 2.49. The van der Waals surface area contributed by atoms with Crippen LogP contribution in [0, 0.1) is 18.2 Å². The van der Waals surface area contributed by atoms with Crippen LogP contribution in [0.25, 0.3) is 0 Å². The summed E-state index contributed by atoms with van der Waals surface area (Å²) >= 11 is 5.67. The standard InChI is InChI=1S/C20H25FN4OS/c1-14-3-4-16(9-18(14)21)23-19(27)25-12-17(15-10-22-24(2)11-15)20(13-25)5-7-26-8-6-20/h3-4,9-11,17H,5-8,12-13H2,1-2H3,(H,23,27). The Morgan fingerprint density at radius 3 is 2.81 bits per heavy atom. The van der Waals surface area contributed by atoms with E-state index in [9.17, 15) is 4.39 Å². The van der Waals surface area contributed by atoms with Crippen molar-refractivity contribution in [3.63, 3.8) is 0 Å². The molecule has 2 aromatic rings. The lowest BCUT2D eigenvalue weighted by molar-refractivity contribution is 0.0143. The van der Waals surface area contributed by atoms with Gasteiger partial charge < -0.3 is 15.0 Å². The van der Waals surface area contributed by atoms with Gasteiger partial charge >= 0.3 is 0 Å². The molecular weight excluding hydrogens is 363 g/mol. The summed E-state index contributed by atoms with van der Waals surface area (Å²) in [6.07, 6.45) is 6.12. The van der Waals surface area contributed by atoms with E-state index in [1.807, 2.05) is 24.0 Å². The first-order chi connectivity index (χ1) is 13.0. The molecular formula is C20H25FN4OS. The zero-order chi connectivity index (χ0) is 19.0. The third-order valence-electron chi connectivity index (χ3n) is 5.97. The minimum absolute atomic E-state index is 0.144. The number of hydrogen-bond acceptors (Lipinski definition) is 3. The molecule has 4 rings (SSSR count). The van der Waals surface area contributed by atoms with E-state index in [0.717, 1.165) is 39.1 Å². The topological polar surface area (TPSA) is 42.3 Å². The number of likely N-dealkylation sites (tertiary alicyclic amines) is 1. The summed E-state index contributed by atoms with van der Waals surface area (Å²) < 4.78 is 21.3. The fourth-order valence-corrected chi connectivity index (χ4v) is 4.62. The molecule has 0 amide bonds. The van der Waals surface area contributed by atoms with Gasteiger partial charge in [-0.2, -0.15) is 5.10 Å². The molecule has 5 nitrogen and oxygen atoms in total. The molecule has 1 aromatic heterocycles. The quantitative estimate of drug-likeness (QED) is 0.798. The molecule has 2 aliphatic rings. The first-order valence-corrected chi connectivity index (χ1v) is 9.76. The van der Waals surface area contributed by atoms with Crippen LogP contribution in [-0.2, 0) is 11.8 Å². The van der Waals surface area contributed by atoms with Crippen molar-refractivity contribution in [1.29, 1.82) is 0 Å². The summed E-state index contributed by atoms with van der Waals surface area (Å²) in [7, 11) is 1.95. The largest absolute Gasteiger partial charge is 0.381 e. The Balaban J connectivity index is 1.55. The number of nitrogens with one attached hydrogen (secondary N) is 1. The average molecular weight is 389 g/mol. The van der Waals surface area contributed by atoms with Crippen LogP contribution in [0.3, 0.4) is 0 Å². The van der Waals surface area contributed by atoms with Crippen molar-refractivity contribution in [2.24, 2.45) is 12.5 Å². The Morgan fingerprint density at radius 2 is 2.15 bits per heavy atom. The maximum absolute atomic E-state index is 13.9. The highest BCUT2D eigenvalue weighted by molar-refractivity contribution is 7.80. The molecule has 2 fully saturated rings. The highest BCUT2D eigenvalue weighted by Gasteiger charge is 2.48. The minimum atomic E-state index is -0.224. The molecule has 1 spiro atoms. The minimum Gasteiger partial charge on any atom is -0.381 e. The van der Waals surface area contributed by atoms with Gasteiger partial charge in [-0.05, 0) is 55.2 Å². The van der Waals surface area contributed by atoms with E-state index >= 15 is 0 Å². The Kier molecular flexibility index (Phi) is 4.90. The van der Waals surface area contributed by atoms with Crippen molar-refractivity contribution < 1.29 is 9.13 Å². The molecule has 144 valence electrons. The van der Waals surface area contributed by atoms with Gasteiger partial charge in [-0.15, -0.1) is 0 Å². The number of thiocarbonyl (C=S) groups is 1. The lowest BCUT2D eigenvalue weighted by atomic mass is 9.70. The van der Waals surface area contributed by atoms with Crippen LogP contribution < -0.4 is 5.32 Å². The number of benzene rings is 1. The van der Waals surface area contributed by atoms with Crippen molar-refractivity contribution in [2.45, 2.75) is 25.7 Å². The molecule has 0 aliphatic carbocycles. The summed E-state index contributed by atoms with van der Waals surface area (Å²) in [5.41, 5.74) is 2.72. The molecule has 1 N–H and O–H groups in total. The van der Waals surface area contributed by atoms with Crippen molar-refractivity contribution >= 4 is 23.0 Å². The Bertz CT molecular complexity index is 846. The van der Waals surface area contributed by atoms with Crippen molar-refractivity contribution in [1.82, 2.24) is 14.7 Å². The molecule has 1 atom stereocenters. The van der Waals surface area contributed by atoms with E-state index in [4.69, 9.17) is 17.0 Å². The molecule has 0 radical (unpaired) electrons. The van der Waals surface area contributed by atoms with Gasteiger partial charge in [0.25, 0.3) is 0 Å². The van der Waals surface area contributed by atoms with Gasteiger partial charge in [0, 0.05) is 56.6 Å². The Hall–Kier alpha value is -1.99. The molecule has 0 bridgehead atoms. The number of ether oxygens (including phenoxy) is 1. The van der Waals surface area contributed by atoms with E-state index in [1.54, 1.807) is 13.0 Å². The lowest BCUT2D eigenvalue weighted by Crippen LogP contribution is -2.38. The maximum Gasteiger partial charge on any atom is 0.173 e.